The van der Waals surface area contributed by atoms with Crippen LogP contribution in [-0.2, 0) is 14.3 Å². The van der Waals surface area contributed by atoms with Crippen LogP contribution in [0.15, 0.2) is 66.7 Å². The zero-order valence-corrected chi connectivity index (χ0v) is 19.2. The Bertz CT molecular complexity index is 1210. The second kappa shape index (κ2) is 10.8. The first-order chi connectivity index (χ1) is 16.9. The fraction of sp³-hybridized carbons (Fsp3) is 0.222. The lowest BCUT2D eigenvalue weighted by molar-refractivity contribution is -0.142. The number of aliphatic carboxylic acids is 1. The first-order valence-electron chi connectivity index (χ1n) is 11.2. The standard InChI is InChI=1S/C27H26N2O6/c1-17-10-11-18(26(32)28-12-13-34-16-25(30)31)14-24(17)29-27(33)35-15-23-21-8-4-2-6-19(21)20-7-3-5-9-22(20)23/h2-11,14,23H,12-13,15-16H2,1H3,(H,28,32)(H,29,33)(H,30,31). The number of aryl methyl sites for hydroxylation is 1. The number of fused-ring (bicyclic) bond motifs is 3. The Labute approximate surface area is 202 Å². The highest BCUT2D eigenvalue weighted by molar-refractivity contribution is 5.96. The molecule has 0 saturated carbocycles. The largest absolute Gasteiger partial charge is 0.480 e. The second-order valence-electron chi connectivity index (χ2n) is 8.18. The van der Waals surface area contributed by atoms with Crippen LogP contribution in [-0.4, -0.2) is 49.4 Å². The summed E-state index contributed by atoms with van der Waals surface area (Å²) in [6.45, 7) is 1.83. The number of anilines is 1. The molecule has 3 aromatic rings. The summed E-state index contributed by atoms with van der Waals surface area (Å²) in [5.74, 6) is -1.48. The van der Waals surface area contributed by atoms with E-state index in [0.29, 0.717) is 11.3 Å². The number of carboxylic acids is 1. The first kappa shape index (κ1) is 24.0. The van der Waals surface area contributed by atoms with Gasteiger partial charge in [0.15, 0.2) is 0 Å². The molecule has 35 heavy (non-hydrogen) atoms. The highest BCUT2D eigenvalue weighted by Gasteiger charge is 2.29. The average Bonchev–Trinajstić information content (AvgIpc) is 3.17. The van der Waals surface area contributed by atoms with E-state index < -0.39 is 18.7 Å². The maximum absolute atomic E-state index is 12.6. The van der Waals surface area contributed by atoms with Gasteiger partial charge < -0.3 is 19.9 Å². The summed E-state index contributed by atoms with van der Waals surface area (Å²) in [5, 5.41) is 13.9. The summed E-state index contributed by atoms with van der Waals surface area (Å²) >= 11 is 0. The Morgan fingerprint density at radius 1 is 0.943 bits per heavy atom. The number of nitrogens with one attached hydrogen (secondary N) is 2. The van der Waals surface area contributed by atoms with Crippen molar-refractivity contribution in [3.63, 3.8) is 0 Å². The zero-order chi connectivity index (χ0) is 24.8. The first-order valence-corrected chi connectivity index (χ1v) is 11.2. The van der Waals surface area contributed by atoms with Crippen molar-refractivity contribution in [3.8, 4) is 11.1 Å². The molecule has 0 aliphatic heterocycles. The molecule has 1 aliphatic carbocycles. The van der Waals surface area contributed by atoms with Crippen molar-refractivity contribution in [2.45, 2.75) is 12.8 Å². The molecule has 0 radical (unpaired) electrons. The predicted molar refractivity (Wildman–Crippen MR) is 131 cm³/mol. The van der Waals surface area contributed by atoms with Gasteiger partial charge >= 0.3 is 12.1 Å². The van der Waals surface area contributed by atoms with E-state index >= 15 is 0 Å². The molecule has 0 aromatic heterocycles. The lowest BCUT2D eigenvalue weighted by Gasteiger charge is -2.15. The normalized spacial score (nSPS) is 11.9. The van der Waals surface area contributed by atoms with Crippen molar-refractivity contribution < 1.29 is 29.0 Å². The maximum Gasteiger partial charge on any atom is 0.411 e. The Morgan fingerprint density at radius 2 is 1.60 bits per heavy atom. The van der Waals surface area contributed by atoms with Gasteiger partial charge in [-0.3, -0.25) is 10.1 Å². The molecular weight excluding hydrogens is 448 g/mol. The summed E-state index contributed by atoms with van der Waals surface area (Å²) in [5.41, 5.74) is 6.16. The minimum absolute atomic E-state index is 0.0466. The molecule has 0 atom stereocenters. The van der Waals surface area contributed by atoms with Crippen LogP contribution >= 0.6 is 0 Å². The van der Waals surface area contributed by atoms with Gasteiger partial charge in [-0.15, -0.1) is 0 Å². The third-order valence-electron chi connectivity index (χ3n) is 5.84. The maximum atomic E-state index is 12.6. The molecule has 0 unspecified atom stereocenters. The second-order valence-corrected chi connectivity index (χ2v) is 8.18. The van der Waals surface area contributed by atoms with Gasteiger partial charge in [0, 0.05) is 23.7 Å². The molecule has 0 fully saturated rings. The number of benzene rings is 3. The van der Waals surface area contributed by atoms with Gasteiger partial charge in [0.1, 0.15) is 13.2 Å². The monoisotopic (exact) mass is 474 g/mol. The Hall–Kier alpha value is -4.17. The quantitative estimate of drug-likeness (QED) is 0.401. The van der Waals surface area contributed by atoms with Crippen LogP contribution < -0.4 is 10.6 Å². The lowest BCUT2D eigenvalue weighted by atomic mass is 9.98. The number of carbonyl (C=O) groups is 3. The number of rotatable bonds is 9. The van der Waals surface area contributed by atoms with E-state index in [0.717, 1.165) is 27.8 Å². The van der Waals surface area contributed by atoms with Crippen molar-refractivity contribution in [1.82, 2.24) is 5.32 Å². The van der Waals surface area contributed by atoms with Crippen LogP contribution in [0, 0.1) is 6.92 Å². The van der Waals surface area contributed by atoms with E-state index in [1.807, 2.05) is 31.2 Å². The highest BCUT2D eigenvalue weighted by atomic mass is 16.5. The molecule has 180 valence electrons. The van der Waals surface area contributed by atoms with Crippen molar-refractivity contribution >= 4 is 23.7 Å². The number of amides is 2. The fourth-order valence-electron chi connectivity index (χ4n) is 4.14. The van der Waals surface area contributed by atoms with E-state index in [9.17, 15) is 14.4 Å². The summed E-state index contributed by atoms with van der Waals surface area (Å²) < 4.78 is 10.5. The third kappa shape index (κ3) is 5.67. The minimum atomic E-state index is -1.07. The topological polar surface area (TPSA) is 114 Å². The van der Waals surface area contributed by atoms with E-state index in [4.69, 9.17) is 14.6 Å². The number of carboxylic acid groups (broad SMARTS) is 1. The molecule has 0 heterocycles. The smallest absolute Gasteiger partial charge is 0.411 e. The molecule has 8 nitrogen and oxygen atoms in total. The molecule has 8 heteroatoms. The highest BCUT2D eigenvalue weighted by Crippen LogP contribution is 2.44. The Balaban J connectivity index is 1.36. The van der Waals surface area contributed by atoms with Gasteiger partial charge in [0.25, 0.3) is 5.91 Å². The summed E-state index contributed by atoms with van der Waals surface area (Å²) in [6, 6.07) is 21.2. The van der Waals surface area contributed by atoms with Crippen molar-refractivity contribution in [3.05, 3.63) is 89.0 Å². The minimum Gasteiger partial charge on any atom is -0.480 e. The van der Waals surface area contributed by atoms with Gasteiger partial charge in [0.05, 0.1) is 6.61 Å². The van der Waals surface area contributed by atoms with Crippen LogP contribution in [0.4, 0.5) is 10.5 Å². The molecule has 1 aliphatic rings. The fourth-order valence-corrected chi connectivity index (χ4v) is 4.14. The molecule has 4 rings (SSSR count). The number of carbonyl (C=O) groups excluding carboxylic acids is 2. The van der Waals surface area contributed by atoms with E-state index in [1.54, 1.807) is 18.2 Å². The summed E-state index contributed by atoms with van der Waals surface area (Å²) in [6.07, 6.45) is -0.602. The Kier molecular flexibility index (Phi) is 7.42. The van der Waals surface area contributed by atoms with Gasteiger partial charge in [0.2, 0.25) is 0 Å². The van der Waals surface area contributed by atoms with Crippen molar-refractivity contribution in [1.29, 1.82) is 0 Å². The SMILES string of the molecule is Cc1ccc(C(=O)NCCOCC(=O)O)cc1NC(=O)OCC1c2ccccc2-c2ccccc21. The van der Waals surface area contributed by atoms with Crippen LogP contribution in [0.5, 0.6) is 0 Å². The van der Waals surface area contributed by atoms with Gasteiger partial charge in [-0.2, -0.15) is 0 Å². The van der Waals surface area contributed by atoms with E-state index in [2.05, 4.69) is 34.9 Å². The third-order valence-corrected chi connectivity index (χ3v) is 5.84. The zero-order valence-electron chi connectivity index (χ0n) is 19.2. The van der Waals surface area contributed by atoms with Crippen LogP contribution in [0.2, 0.25) is 0 Å². The molecule has 2 amide bonds. The van der Waals surface area contributed by atoms with Crippen molar-refractivity contribution in [2.75, 3.05) is 31.7 Å². The Morgan fingerprint density at radius 3 is 2.26 bits per heavy atom. The van der Waals surface area contributed by atoms with E-state index in [1.165, 1.54) is 0 Å². The van der Waals surface area contributed by atoms with Gasteiger partial charge in [-0.05, 0) is 46.9 Å². The number of ether oxygens (including phenoxy) is 2. The summed E-state index contributed by atoms with van der Waals surface area (Å²) in [4.78, 5) is 35.5. The summed E-state index contributed by atoms with van der Waals surface area (Å²) in [7, 11) is 0. The molecular formula is C27H26N2O6. The molecule has 0 bridgehead atoms. The van der Waals surface area contributed by atoms with Crippen LogP contribution in [0.25, 0.3) is 11.1 Å². The van der Waals surface area contributed by atoms with Crippen LogP contribution in [0.1, 0.15) is 33.0 Å². The molecule has 0 spiro atoms. The lowest BCUT2D eigenvalue weighted by Crippen LogP contribution is -2.28. The molecule has 3 N–H and O–H groups in total. The molecule has 0 saturated heterocycles. The van der Waals surface area contributed by atoms with Crippen molar-refractivity contribution in [2.24, 2.45) is 0 Å². The van der Waals surface area contributed by atoms with Gasteiger partial charge in [-0.1, -0.05) is 54.6 Å². The average molecular weight is 475 g/mol. The molecule has 3 aromatic carbocycles. The van der Waals surface area contributed by atoms with E-state index in [-0.39, 0.29) is 31.6 Å². The number of hydrogen-bond donors (Lipinski definition) is 3. The van der Waals surface area contributed by atoms with Gasteiger partial charge in [-0.25, -0.2) is 9.59 Å². The number of hydrogen-bond acceptors (Lipinski definition) is 5. The predicted octanol–water partition coefficient (Wildman–Crippen LogP) is 4.19. The van der Waals surface area contributed by atoms with Crippen LogP contribution in [0.3, 0.4) is 0 Å².